The molecule has 5 nitrogen and oxygen atoms in total. The van der Waals surface area contributed by atoms with Gasteiger partial charge >= 0.3 is 0 Å². The third-order valence-corrected chi connectivity index (χ3v) is 3.12. The SMILES string of the molecule is COc1cc(Cl)ccc1-c1nc(NN)cc(C(C)C)n1. The first-order valence-electron chi connectivity index (χ1n) is 6.24. The van der Waals surface area contributed by atoms with Crippen LogP contribution in [0.1, 0.15) is 25.5 Å². The Hall–Kier alpha value is -1.85. The van der Waals surface area contributed by atoms with Gasteiger partial charge in [0.25, 0.3) is 0 Å². The summed E-state index contributed by atoms with van der Waals surface area (Å²) in [6, 6.07) is 7.18. The number of hydrogen-bond acceptors (Lipinski definition) is 5. The van der Waals surface area contributed by atoms with Gasteiger partial charge in [-0.3, -0.25) is 0 Å². The first-order valence-corrected chi connectivity index (χ1v) is 6.62. The third kappa shape index (κ3) is 3.00. The van der Waals surface area contributed by atoms with E-state index in [2.05, 4.69) is 29.2 Å². The molecular weight excluding hydrogens is 276 g/mol. The number of anilines is 1. The predicted molar refractivity (Wildman–Crippen MR) is 80.9 cm³/mol. The maximum atomic E-state index is 5.97. The lowest BCUT2D eigenvalue weighted by Crippen LogP contribution is -2.11. The van der Waals surface area contributed by atoms with Gasteiger partial charge in [-0.1, -0.05) is 25.4 Å². The first kappa shape index (κ1) is 14.6. The van der Waals surface area contributed by atoms with Gasteiger partial charge in [-0.15, -0.1) is 0 Å². The highest BCUT2D eigenvalue weighted by Crippen LogP contribution is 2.31. The van der Waals surface area contributed by atoms with Crippen molar-refractivity contribution in [2.45, 2.75) is 19.8 Å². The molecule has 0 aliphatic heterocycles. The van der Waals surface area contributed by atoms with E-state index >= 15 is 0 Å². The van der Waals surface area contributed by atoms with Crippen LogP contribution in [0.5, 0.6) is 5.75 Å². The highest BCUT2D eigenvalue weighted by atomic mass is 35.5. The fraction of sp³-hybridized carbons (Fsp3) is 0.286. The summed E-state index contributed by atoms with van der Waals surface area (Å²) in [4.78, 5) is 8.93. The van der Waals surface area contributed by atoms with E-state index in [-0.39, 0.29) is 5.92 Å². The zero-order chi connectivity index (χ0) is 14.7. The fourth-order valence-corrected chi connectivity index (χ4v) is 1.97. The van der Waals surface area contributed by atoms with Gasteiger partial charge < -0.3 is 10.2 Å². The van der Waals surface area contributed by atoms with Crippen LogP contribution in [0.2, 0.25) is 5.02 Å². The van der Waals surface area contributed by atoms with Crippen molar-refractivity contribution in [3.8, 4) is 17.1 Å². The van der Waals surface area contributed by atoms with Gasteiger partial charge in [-0.25, -0.2) is 15.8 Å². The normalized spacial score (nSPS) is 10.7. The molecule has 2 rings (SSSR count). The highest BCUT2D eigenvalue weighted by molar-refractivity contribution is 6.30. The molecule has 6 heteroatoms. The number of rotatable bonds is 4. The number of hydrazine groups is 1. The third-order valence-electron chi connectivity index (χ3n) is 2.89. The zero-order valence-electron chi connectivity index (χ0n) is 11.6. The molecule has 0 radical (unpaired) electrons. The smallest absolute Gasteiger partial charge is 0.165 e. The van der Waals surface area contributed by atoms with E-state index in [1.807, 2.05) is 12.1 Å². The molecular formula is C14H17ClN4O. The molecule has 0 aliphatic rings. The van der Waals surface area contributed by atoms with Crippen molar-refractivity contribution < 1.29 is 4.74 Å². The predicted octanol–water partition coefficient (Wildman–Crippen LogP) is 3.21. The number of hydrogen-bond donors (Lipinski definition) is 2. The summed E-state index contributed by atoms with van der Waals surface area (Å²) < 4.78 is 5.34. The fourth-order valence-electron chi connectivity index (χ4n) is 1.81. The Labute approximate surface area is 123 Å². The summed E-state index contributed by atoms with van der Waals surface area (Å²) in [6.45, 7) is 4.12. The summed E-state index contributed by atoms with van der Waals surface area (Å²) >= 11 is 5.97. The minimum Gasteiger partial charge on any atom is -0.496 e. The van der Waals surface area contributed by atoms with Crippen molar-refractivity contribution in [3.63, 3.8) is 0 Å². The van der Waals surface area contributed by atoms with E-state index in [1.165, 1.54) is 0 Å². The summed E-state index contributed by atoms with van der Waals surface area (Å²) in [5.41, 5.74) is 4.24. The van der Waals surface area contributed by atoms with Gasteiger partial charge in [0.05, 0.1) is 12.7 Å². The topological polar surface area (TPSA) is 73.1 Å². The minimum atomic E-state index is 0.266. The number of nitrogens with two attached hydrogens (primary N) is 1. The Kier molecular flexibility index (Phi) is 4.42. The van der Waals surface area contributed by atoms with Crippen molar-refractivity contribution in [2.75, 3.05) is 12.5 Å². The molecule has 0 unspecified atom stereocenters. The van der Waals surface area contributed by atoms with E-state index in [1.54, 1.807) is 19.2 Å². The van der Waals surface area contributed by atoms with Crippen molar-refractivity contribution >= 4 is 17.4 Å². The number of nitrogens with one attached hydrogen (secondary N) is 1. The lowest BCUT2D eigenvalue weighted by molar-refractivity contribution is 0.416. The Bertz CT molecular complexity index is 616. The molecule has 0 amide bonds. The Morgan fingerprint density at radius 2 is 2.00 bits per heavy atom. The zero-order valence-corrected chi connectivity index (χ0v) is 12.4. The molecule has 0 spiro atoms. The van der Waals surface area contributed by atoms with Crippen LogP contribution in [0.3, 0.4) is 0 Å². The van der Waals surface area contributed by atoms with Crippen molar-refractivity contribution in [1.29, 1.82) is 0 Å². The maximum absolute atomic E-state index is 5.97. The minimum absolute atomic E-state index is 0.266. The van der Waals surface area contributed by atoms with Crippen molar-refractivity contribution in [3.05, 3.63) is 35.0 Å². The average molecular weight is 293 g/mol. The van der Waals surface area contributed by atoms with Crippen molar-refractivity contribution in [1.82, 2.24) is 9.97 Å². The molecule has 0 aliphatic carbocycles. The van der Waals surface area contributed by atoms with Crippen LogP contribution in [0.15, 0.2) is 24.3 Å². The van der Waals surface area contributed by atoms with Crippen LogP contribution in [0.25, 0.3) is 11.4 Å². The Morgan fingerprint density at radius 1 is 1.25 bits per heavy atom. The lowest BCUT2D eigenvalue weighted by atomic mass is 10.1. The molecule has 3 N–H and O–H groups in total. The second-order valence-corrected chi connectivity index (χ2v) is 5.08. The number of benzene rings is 1. The molecule has 106 valence electrons. The number of nitrogens with zero attached hydrogens (tertiary/aromatic N) is 2. The molecule has 0 saturated carbocycles. The average Bonchev–Trinajstić information content (AvgIpc) is 2.46. The molecule has 0 bridgehead atoms. The second-order valence-electron chi connectivity index (χ2n) is 4.65. The molecule has 1 heterocycles. The van der Waals surface area contributed by atoms with Gasteiger partial charge in [0, 0.05) is 16.8 Å². The van der Waals surface area contributed by atoms with Crippen molar-refractivity contribution in [2.24, 2.45) is 5.84 Å². The largest absolute Gasteiger partial charge is 0.496 e. The number of methoxy groups -OCH3 is 1. The molecule has 20 heavy (non-hydrogen) atoms. The van der Waals surface area contributed by atoms with Crippen LogP contribution < -0.4 is 16.0 Å². The molecule has 0 fully saturated rings. The summed E-state index contributed by atoms with van der Waals surface area (Å²) in [5, 5.41) is 0.600. The van der Waals surface area contributed by atoms with Gasteiger partial charge in [0.2, 0.25) is 0 Å². The number of halogens is 1. The van der Waals surface area contributed by atoms with E-state index in [4.69, 9.17) is 22.2 Å². The molecule has 1 aromatic heterocycles. The van der Waals surface area contributed by atoms with Crippen LogP contribution in [0, 0.1) is 0 Å². The Morgan fingerprint density at radius 3 is 2.60 bits per heavy atom. The van der Waals surface area contributed by atoms with Gasteiger partial charge in [-0.05, 0) is 24.1 Å². The summed E-state index contributed by atoms with van der Waals surface area (Å²) in [6.07, 6.45) is 0. The van der Waals surface area contributed by atoms with Gasteiger partial charge in [0.1, 0.15) is 11.6 Å². The molecule has 0 atom stereocenters. The van der Waals surface area contributed by atoms with E-state index < -0.39 is 0 Å². The van der Waals surface area contributed by atoms with E-state index in [9.17, 15) is 0 Å². The molecule has 1 aromatic carbocycles. The van der Waals surface area contributed by atoms with Crippen LogP contribution >= 0.6 is 11.6 Å². The number of nitrogen functional groups attached to an aromatic ring is 1. The number of aromatic nitrogens is 2. The van der Waals surface area contributed by atoms with E-state index in [0.29, 0.717) is 22.4 Å². The maximum Gasteiger partial charge on any atom is 0.165 e. The summed E-state index contributed by atoms with van der Waals surface area (Å²) in [5.74, 6) is 7.48. The molecule has 0 saturated heterocycles. The first-order chi connectivity index (χ1) is 9.55. The highest BCUT2D eigenvalue weighted by Gasteiger charge is 2.13. The Balaban J connectivity index is 2.59. The monoisotopic (exact) mass is 292 g/mol. The van der Waals surface area contributed by atoms with Crippen LogP contribution in [0.4, 0.5) is 5.82 Å². The number of ether oxygens (including phenoxy) is 1. The van der Waals surface area contributed by atoms with Crippen LogP contribution in [-0.4, -0.2) is 17.1 Å². The second kappa shape index (κ2) is 6.07. The summed E-state index contributed by atoms with van der Waals surface area (Å²) in [7, 11) is 1.59. The molecule has 2 aromatic rings. The van der Waals surface area contributed by atoms with Gasteiger partial charge in [0.15, 0.2) is 5.82 Å². The standard InChI is InChI=1S/C14H17ClN4O/c1-8(2)11-7-13(19-16)18-14(17-11)10-5-4-9(15)6-12(10)20-3/h4-8H,16H2,1-3H3,(H,17,18,19). The van der Waals surface area contributed by atoms with Crippen LogP contribution in [-0.2, 0) is 0 Å². The lowest BCUT2D eigenvalue weighted by Gasteiger charge is -2.12. The quantitative estimate of drug-likeness (QED) is 0.668. The van der Waals surface area contributed by atoms with Gasteiger partial charge in [-0.2, -0.15) is 0 Å². The van der Waals surface area contributed by atoms with E-state index in [0.717, 1.165) is 11.3 Å².